The smallest absolute Gasteiger partial charge is 0.338 e. The van der Waals surface area contributed by atoms with Gasteiger partial charge in [-0.15, -0.1) is 12.4 Å². The van der Waals surface area contributed by atoms with Crippen molar-refractivity contribution in [1.29, 1.82) is 0 Å². The first-order valence-corrected chi connectivity index (χ1v) is 6.23. The van der Waals surface area contributed by atoms with E-state index < -0.39 is 0 Å². The van der Waals surface area contributed by atoms with Gasteiger partial charge in [-0.05, 0) is 25.7 Å². The van der Waals surface area contributed by atoms with Crippen LogP contribution in [0.4, 0.5) is 0 Å². The van der Waals surface area contributed by atoms with Crippen LogP contribution in [0.25, 0.3) is 0 Å². The van der Waals surface area contributed by atoms with Crippen LogP contribution in [0.2, 0.25) is 0 Å². The van der Waals surface area contributed by atoms with E-state index in [9.17, 15) is 4.79 Å². The highest BCUT2D eigenvalue weighted by Gasteiger charge is 2.10. The number of carbonyl (C=O) groups excluding carboxylic acids is 1. The van der Waals surface area contributed by atoms with E-state index >= 15 is 0 Å². The van der Waals surface area contributed by atoms with Crippen LogP contribution in [0.1, 0.15) is 15.9 Å². The molecule has 1 rings (SSSR count). The number of ether oxygens (including phenoxy) is 1. The number of alkyl halides is 1. The molecule has 0 fully saturated rings. The molecule has 0 unspecified atom stereocenters. The number of nitrogens with zero attached hydrogens (tertiary/aromatic N) is 1. The van der Waals surface area contributed by atoms with Crippen LogP contribution in [-0.2, 0) is 10.1 Å². The minimum Gasteiger partial charge on any atom is -0.461 e. The van der Waals surface area contributed by atoms with Gasteiger partial charge in [0, 0.05) is 11.9 Å². The van der Waals surface area contributed by atoms with Gasteiger partial charge in [0.15, 0.2) is 0 Å². The number of hydrogen-bond donors (Lipinski definition) is 0. The maximum atomic E-state index is 11.7. The second-order valence-electron chi connectivity index (χ2n) is 3.73. The maximum absolute atomic E-state index is 11.7. The highest BCUT2D eigenvalue weighted by atomic mass is 79.9. The summed E-state index contributed by atoms with van der Waals surface area (Å²) in [5.74, 6) is -0.253. The molecular weight excluding hydrogens is 305 g/mol. The fourth-order valence-corrected chi connectivity index (χ4v) is 1.72. The summed E-state index contributed by atoms with van der Waals surface area (Å²) in [6, 6.07) is 7.45. The van der Waals surface area contributed by atoms with Crippen LogP contribution in [0.15, 0.2) is 24.3 Å². The second-order valence-corrected chi connectivity index (χ2v) is 4.29. The molecule has 17 heavy (non-hydrogen) atoms. The van der Waals surface area contributed by atoms with Gasteiger partial charge < -0.3 is 9.64 Å². The molecule has 0 aliphatic carbocycles. The summed E-state index contributed by atoms with van der Waals surface area (Å²) in [7, 11) is 3.89. The first-order chi connectivity index (χ1) is 7.65. The SMILES string of the molecule is CN(C)CCOC(=O)c1ccccc1CBr.Cl. The molecule has 0 aliphatic rings. The third kappa shape index (κ3) is 5.52. The number of esters is 1. The Morgan fingerprint density at radius 1 is 1.35 bits per heavy atom. The van der Waals surface area contributed by atoms with E-state index in [-0.39, 0.29) is 18.4 Å². The van der Waals surface area contributed by atoms with Crippen molar-refractivity contribution in [3.05, 3.63) is 35.4 Å². The summed E-state index contributed by atoms with van der Waals surface area (Å²) >= 11 is 3.35. The van der Waals surface area contributed by atoms with E-state index in [2.05, 4.69) is 15.9 Å². The standard InChI is InChI=1S/C12H16BrNO2.ClH/c1-14(2)7-8-16-12(15)11-6-4-3-5-10(11)9-13;/h3-6H,7-9H2,1-2H3;1H. The zero-order valence-corrected chi connectivity index (χ0v) is 12.4. The maximum Gasteiger partial charge on any atom is 0.338 e. The fourth-order valence-electron chi connectivity index (χ4n) is 1.23. The lowest BCUT2D eigenvalue weighted by atomic mass is 10.1. The Kier molecular flexibility index (Phi) is 8.21. The molecule has 0 amide bonds. The Morgan fingerprint density at radius 3 is 2.59 bits per heavy atom. The lowest BCUT2D eigenvalue weighted by molar-refractivity contribution is 0.0481. The van der Waals surface area contributed by atoms with E-state index in [0.717, 1.165) is 12.1 Å². The molecule has 5 heteroatoms. The van der Waals surface area contributed by atoms with E-state index in [4.69, 9.17) is 4.74 Å². The summed E-state index contributed by atoms with van der Waals surface area (Å²) in [5, 5.41) is 0.659. The molecule has 0 aliphatic heterocycles. The number of halogens is 2. The van der Waals surface area contributed by atoms with Gasteiger partial charge in [0.1, 0.15) is 6.61 Å². The Morgan fingerprint density at radius 2 is 2.00 bits per heavy atom. The molecule has 96 valence electrons. The largest absolute Gasteiger partial charge is 0.461 e. The predicted octanol–water partition coefficient (Wildman–Crippen LogP) is 2.72. The summed E-state index contributed by atoms with van der Waals surface area (Å²) in [6.45, 7) is 1.16. The summed E-state index contributed by atoms with van der Waals surface area (Å²) < 4.78 is 5.18. The van der Waals surface area contributed by atoms with E-state index in [1.165, 1.54) is 0 Å². The Hall–Kier alpha value is -0.580. The minimum atomic E-state index is -0.253. The molecule has 0 heterocycles. The monoisotopic (exact) mass is 321 g/mol. The molecule has 3 nitrogen and oxygen atoms in total. The normalized spacial score (nSPS) is 9.88. The predicted molar refractivity (Wildman–Crippen MR) is 75.2 cm³/mol. The number of carbonyl (C=O) groups is 1. The average Bonchev–Trinajstić information content (AvgIpc) is 2.28. The zero-order chi connectivity index (χ0) is 12.0. The third-order valence-electron chi connectivity index (χ3n) is 2.15. The number of likely N-dealkylation sites (N-methyl/N-ethyl adjacent to an activating group) is 1. The second kappa shape index (κ2) is 8.50. The van der Waals surface area contributed by atoms with Gasteiger partial charge in [-0.1, -0.05) is 34.1 Å². The van der Waals surface area contributed by atoms with E-state index in [1.54, 1.807) is 6.07 Å². The van der Waals surface area contributed by atoms with Crippen molar-refractivity contribution in [3.63, 3.8) is 0 Å². The van der Waals surface area contributed by atoms with Crippen molar-refractivity contribution in [2.45, 2.75) is 5.33 Å². The summed E-state index contributed by atoms with van der Waals surface area (Å²) in [6.07, 6.45) is 0. The van der Waals surface area contributed by atoms with Crippen molar-refractivity contribution in [3.8, 4) is 0 Å². The van der Waals surface area contributed by atoms with Crippen LogP contribution in [-0.4, -0.2) is 38.1 Å². The Labute approximate surface area is 117 Å². The quantitative estimate of drug-likeness (QED) is 0.617. The average molecular weight is 323 g/mol. The minimum absolute atomic E-state index is 0. The van der Waals surface area contributed by atoms with Gasteiger partial charge >= 0.3 is 5.97 Å². The van der Waals surface area contributed by atoms with E-state index in [1.807, 2.05) is 37.2 Å². The molecule has 0 radical (unpaired) electrons. The van der Waals surface area contributed by atoms with Crippen molar-refractivity contribution in [1.82, 2.24) is 4.90 Å². The fraction of sp³-hybridized carbons (Fsp3) is 0.417. The van der Waals surface area contributed by atoms with Crippen LogP contribution in [0.5, 0.6) is 0 Å². The lowest BCUT2D eigenvalue weighted by Crippen LogP contribution is -2.20. The number of hydrogen-bond acceptors (Lipinski definition) is 3. The van der Waals surface area contributed by atoms with Gasteiger partial charge in [-0.25, -0.2) is 4.79 Å². The Bertz CT molecular complexity index is 358. The van der Waals surface area contributed by atoms with Gasteiger partial charge in [0.25, 0.3) is 0 Å². The molecule has 0 spiro atoms. The van der Waals surface area contributed by atoms with Gasteiger partial charge in [-0.3, -0.25) is 0 Å². The van der Waals surface area contributed by atoms with Crippen LogP contribution < -0.4 is 0 Å². The van der Waals surface area contributed by atoms with Crippen LogP contribution in [0.3, 0.4) is 0 Å². The molecule has 1 aromatic rings. The van der Waals surface area contributed by atoms with Gasteiger partial charge in [0.05, 0.1) is 5.56 Å². The number of benzene rings is 1. The zero-order valence-electron chi connectivity index (χ0n) is 9.98. The molecule has 0 saturated carbocycles. The molecule has 0 atom stereocenters. The molecular formula is C12H17BrClNO2. The highest BCUT2D eigenvalue weighted by molar-refractivity contribution is 9.08. The molecule has 0 N–H and O–H groups in total. The molecule has 0 saturated heterocycles. The third-order valence-corrected chi connectivity index (χ3v) is 2.76. The summed E-state index contributed by atoms with van der Waals surface area (Å²) in [4.78, 5) is 13.7. The van der Waals surface area contributed by atoms with Crippen molar-refractivity contribution < 1.29 is 9.53 Å². The number of rotatable bonds is 5. The first-order valence-electron chi connectivity index (χ1n) is 5.11. The summed E-state index contributed by atoms with van der Waals surface area (Å²) in [5.41, 5.74) is 1.59. The van der Waals surface area contributed by atoms with Crippen molar-refractivity contribution >= 4 is 34.3 Å². The van der Waals surface area contributed by atoms with Gasteiger partial charge in [0.2, 0.25) is 0 Å². The van der Waals surface area contributed by atoms with Crippen molar-refractivity contribution in [2.75, 3.05) is 27.2 Å². The topological polar surface area (TPSA) is 29.5 Å². The van der Waals surface area contributed by atoms with Gasteiger partial charge in [-0.2, -0.15) is 0 Å². The Balaban J connectivity index is 0.00000256. The van der Waals surface area contributed by atoms with E-state index in [0.29, 0.717) is 17.5 Å². The molecule has 0 bridgehead atoms. The van der Waals surface area contributed by atoms with Crippen molar-refractivity contribution in [2.24, 2.45) is 0 Å². The highest BCUT2D eigenvalue weighted by Crippen LogP contribution is 2.13. The van der Waals surface area contributed by atoms with Crippen LogP contribution in [0, 0.1) is 0 Å². The molecule has 0 aromatic heterocycles. The first kappa shape index (κ1) is 16.4. The molecule has 1 aromatic carbocycles. The lowest BCUT2D eigenvalue weighted by Gasteiger charge is -2.11. The van der Waals surface area contributed by atoms with Crippen LogP contribution >= 0.6 is 28.3 Å².